The van der Waals surface area contributed by atoms with Gasteiger partial charge in [-0.25, -0.2) is 0 Å². The summed E-state index contributed by atoms with van der Waals surface area (Å²) < 4.78 is 0. The number of nitriles is 3. The Balaban J connectivity index is 3.26. The average molecular weight is 159 g/mol. The molecule has 0 aliphatic carbocycles. The fraction of sp³-hybridized carbons (Fsp3) is 0.286. The first-order valence-corrected chi connectivity index (χ1v) is 3.17. The van der Waals surface area contributed by atoms with Gasteiger partial charge in [-0.1, -0.05) is 0 Å². The molecular formula is C7H5N5. The van der Waals surface area contributed by atoms with E-state index in [1.807, 2.05) is 0 Å². The van der Waals surface area contributed by atoms with Crippen molar-refractivity contribution in [3.05, 3.63) is 11.4 Å². The average Bonchev–Trinajstić information content (AvgIpc) is 2.43. The van der Waals surface area contributed by atoms with Crippen LogP contribution in [0.2, 0.25) is 0 Å². The molecule has 5 heteroatoms. The van der Waals surface area contributed by atoms with Crippen LogP contribution in [-0.4, -0.2) is 6.54 Å². The van der Waals surface area contributed by atoms with E-state index in [1.54, 1.807) is 18.2 Å². The van der Waals surface area contributed by atoms with E-state index in [0.29, 0.717) is 0 Å². The third-order valence-corrected chi connectivity index (χ3v) is 1.73. The van der Waals surface area contributed by atoms with E-state index >= 15 is 0 Å². The lowest BCUT2D eigenvalue weighted by atomic mass is 9.86. The van der Waals surface area contributed by atoms with Crippen LogP contribution < -0.4 is 11.1 Å². The zero-order chi connectivity index (χ0) is 9.19. The van der Waals surface area contributed by atoms with Crippen LogP contribution in [0.5, 0.6) is 0 Å². The Kier molecular flexibility index (Phi) is 1.62. The largest absolute Gasteiger partial charge is 0.385 e. The highest BCUT2D eigenvalue weighted by atomic mass is 15.0. The minimum atomic E-state index is -1.39. The summed E-state index contributed by atoms with van der Waals surface area (Å²) in [5.74, 6) is 0.126. The van der Waals surface area contributed by atoms with Crippen molar-refractivity contribution in [2.45, 2.75) is 0 Å². The van der Waals surface area contributed by atoms with Crippen molar-refractivity contribution >= 4 is 0 Å². The van der Waals surface area contributed by atoms with Crippen molar-refractivity contribution in [1.29, 1.82) is 15.8 Å². The van der Waals surface area contributed by atoms with Gasteiger partial charge in [-0.15, -0.1) is 0 Å². The topological polar surface area (TPSA) is 109 Å². The maximum Gasteiger partial charge on any atom is 0.198 e. The monoisotopic (exact) mass is 159 g/mol. The van der Waals surface area contributed by atoms with Gasteiger partial charge in [0, 0.05) is 0 Å². The molecule has 1 heterocycles. The van der Waals surface area contributed by atoms with Gasteiger partial charge in [0.25, 0.3) is 0 Å². The van der Waals surface area contributed by atoms with Crippen LogP contribution >= 0.6 is 0 Å². The van der Waals surface area contributed by atoms with E-state index in [0.717, 1.165) is 0 Å². The van der Waals surface area contributed by atoms with Crippen LogP contribution in [-0.2, 0) is 0 Å². The molecule has 0 fully saturated rings. The summed E-state index contributed by atoms with van der Waals surface area (Å²) in [5, 5.41) is 28.6. The summed E-state index contributed by atoms with van der Waals surface area (Å²) >= 11 is 0. The lowest BCUT2D eigenvalue weighted by molar-refractivity contribution is 0.645. The highest BCUT2D eigenvalue weighted by Gasteiger charge is 2.41. The van der Waals surface area contributed by atoms with Gasteiger partial charge in [0.1, 0.15) is 17.5 Å². The second-order valence-corrected chi connectivity index (χ2v) is 2.38. The summed E-state index contributed by atoms with van der Waals surface area (Å²) in [6, 6.07) is 5.30. The van der Waals surface area contributed by atoms with Crippen LogP contribution in [0.1, 0.15) is 0 Å². The Morgan fingerprint density at radius 3 is 2.25 bits per heavy atom. The van der Waals surface area contributed by atoms with Crippen LogP contribution in [0.25, 0.3) is 0 Å². The van der Waals surface area contributed by atoms with E-state index in [-0.39, 0.29) is 17.9 Å². The minimum Gasteiger partial charge on any atom is -0.385 e. The highest BCUT2D eigenvalue weighted by molar-refractivity contribution is 5.47. The molecule has 1 rings (SSSR count). The van der Waals surface area contributed by atoms with E-state index in [2.05, 4.69) is 5.32 Å². The molecule has 0 radical (unpaired) electrons. The van der Waals surface area contributed by atoms with Crippen molar-refractivity contribution in [1.82, 2.24) is 5.32 Å². The van der Waals surface area contributed by atoms with Crippen LogP contribution in [0, 0.1) is 39.4 Å². The van der Waals surface area contributed by atoms with Crippen molar-refractivity contribution in [3.63, 3.8) is 0 Å². The predicted octanol–water partition coefficient (Wildman–Crippen LogP) is -0.683. The Hall–Kier alpha value is -2.19. The summed E-state index contributed by atoms with van der Waals surface area (Å²) in [5.41, 5.74) is 3.99. The Morgan fingerprint density at radius 2 is 1.92 bits per heavy atom. The van der Waals surface area contributed by atoms with Gasteiger partial charge in [-0.3, -0.25) is 0 Å². The van der Waals surface area contributed by atoms with Gasteiger partial charge >= 0.3 is 0 Å². The van der Waals surface area contributed by atoms with Crippen molar-refractivity contribution in [2.24, 2.45) is 11.1 Å². The first-order chi connectivity index (χ1) is 5.70. The molecule has 1 aliphatic rings. The van der Waals surface area contributed by atoms with Crippen molar-refractivity contribution in [2.75, 3.05) is 6.54 Å². The van der Waals surface area contributed by atoms with Crippen molar-refractivity contribution < 1.29 is 0 Å². The number of nitrogens with zero attached hydrogens (tertiary/aromatic N) is 3. The second-order valence-electron chi connectivity index (χ2n) is 2.38. The molecule has 0 bridgehead atoms. The smallest absolute Gasteiger partial charge is 0.198 e. The Labute approximate surface area is 69.3 Å². The molecular weight excluding hydrogens is 154 g/mol. The SMILES string of the molecule is N#CC1=C(N)NCC1(C#N)C#N. The van der Waals surface area contributed by atoms with Crippen molar-refractivity contribution in [3.8, 4) is 18.2 Å². The summed E-state index contributed by atoms with van der Waals surface area (Å²) in [6.45, 7) is 0.0920. The number of hydrogen-bond donors (Lipinski definition) is 2. The van der Waals surface area contributed by atoms with E-state index in [1.165, 1.54) is 0 Å². The second kappa shape index (κ2) is 2.45. The van der Waals surface area contributed by atoms with E-state index < -0.39 is 5.41 Å². The van der Waals surface area contributed by atoms with Gasteiger partial charge in [0.15, 0.2) is 5.41 Å². The molecule has 0 saturated carbocycles. The molecule has 0 aromatic carbocycles. The van der Waals surface area contributed by atoms with Gasteiger partial charge in [0.05, 0.1) is 18.7 Å². The lowest BCUT2D eigenvalue weighted by Gasteiger charge is -2.07. The Morgan fingerprint density at radius 1 is 1.33 bits per heavy atom. The molecule has 0 amide bonds. The molecule has 5 nitrogen and oxygen atoms in total. The van der Waals surface area contributed by atoms with Gasteiger partial charge in [-0.05, 0) is 0 Å². The summed E-state index contributed by atoms with van der Waals surface area (Å²) in [7, 11) is 0. The molecule has 3 N–H and O–H groups in total. The molecule has 0 aromatic rings. The number of rotatable bonds is 0. The number of nitrogens with one attached hydrogen (secondary N) is 1. The first kappa shape index (κ1) is 7.91. The van der Waals surface area contributed by atoms with Crippen LogP contribution in [0.3, 0.4) is 0 Å². The molecule has 0 spiro atoms. The molecule has 0 aromatic heterocycles. The van der Waals surface area contributed by atoms with E-state index in [9.17, 15) is 0 Å². The quantitative estimate of drug-likeness (QED) is 0.486. The fourth-order valence-electron chi connectivity index (χ4n) is 1.01. The highest BCUT2D eigenvalue weighted by Crippen LogP contribution is 2.29. The summed E-state index contributed by atoms with van der Waals surface area (Å²) in [4.78, 5) is 0. The van der Waals surface area contributed by atoms with Gasteiger partial charge < -0.3 is 11.1 Å². The molecule has 1 aliphatic heterocycles. The summed E-state index contributed by atoms with van der Waals surface area (Å²) in [6.07, 6.45) is 0. The minimum absolute atomic E-state index is 0.0208. The maximum absolute atomic E-state index is 8.68. The molecule has 58 valence electrons. The maximum atomic E-state index is 8.68. The van der Waals surface area contributed by atoms with Gasteiger partial charge in [-0.2, -0.15) is 15.8 Å². The Bertz CT molecular complexity index is 345. The third kappa shape index (κ3) is 0.761. The molecule has 12 heavy (non-hydrogen) atoms. The molecule has 0 saturated heterocycles. The lowest BCUT2D eigenvalue weighted by Crippen LogP contribution is -2.24. The zero-order valence-electron chi connectivity index (χ0n) is 6.13. The normalized spacial score (nSPS) is 18.8. The zero-order valence-corrected chi connectivity index (χ0v) is 6.13. The van der Waals surface area contributed by atoms with Crippen LogP contribution in [0.15, 0.2) is 11.4 Å². The van der Waals surface area contributed by atoms with Crippen LogP contribution in [0.4, 0.5) is 0 Å². The number of nitrogens with two attached hydrogens (primary N) is 1. The first-order valence-electron chi connectivity index (χ1n) is 3.17. The molecule has 0 unspecified atom stereocenters. The number of hydrogen-bond acceptors (Lipinski definition) is 5. The third-order valence-electron chi connectivity index (χ3n) is 1.73. The van der Waals surface area contributed by atoms with E-state index in [4.69, 9.17) is 21.5 Å². The molecule has 0 atom stereocenters. The predicted molar refractivity (Wildman–Crippen MR) is 38.5 cm³/mol. The van der Waals surface area contributed by atoms with Gasteiger partial charge in [0.2, 0.25) is 0 Å². The fourth-order valence-corrected chi connectivity index (χ4v) is 1.01. The standard InChI is InChI=1S/C7H5N5/c8-1-5-6(11)12-4-7(5,2-9)3-10/h12H,4,11H2.